The second-order valence-corrected chi connectivity index (χ2v) is 7.91. The molecule has 2 rings (SSSR count). The van der Waals surface area contributed by atoms with E-state index in [1.54, 1.807) is 0 Å². The molecule has 0 aromatic heterocycles. The van der Waals surface area contributed by atoms with Gasteiger partial charge >= 0.3 is 0 Å². The highest BCUT2D eigenvalue weighted by molar-refractivity contribution is 5.85. The third-order valence-electron chi connectivity index (χ3n) is 5.03. The van der Waals surface area contributed by atoms with Gasteiger partial charge in [-0.1, -0.05) is 20.8 Å². The van der Waals surface area contributed by atoms with Crippen LogP contribution < -0.4 is 5.73 Å². The van der Waals surface area contributed by atoms with E-state index in [-0.39, 0.29) is 23.7 Å². The maximum atomic E-state index is 12.4. The van der Waals surface area contributed by atoms with Crippen LogP contribution in [0.5, 0.6) is 0 Å². The number of likely N-dealkylation sites (tertiary alicyclic amines) is 2. The SMILES string of the molecule is CC(C)(C)[C@H](N)C(=O)N1CCC(CN2CCCCC2=O)CC1.Cl. The van der Waals surface area contributed by atoms with Crippen molar-refractivity contribution in [3.63, 3.8) is 0 Å². The summed E-state index contributed by atoms with van der Waals surface area (Å²) < 4.78 is 0. The van der Waals surface area contributed by atoms with Crippen LogP contribution in [0, 0.1) is 11.3 Å². The van der Waals surface area contributed by atoms with Crippen LogP contribution in [-0.2, 0) is 9.59 Å². The number of nitrogens with two attached hydrogens (primary N) is 1. The van der Waals surface area contributed by atoms with Crippen molar-refractivity contribution < 1.29 is 9.59 Å². The van der Waals surface area contributed by atoms with Crippen LogP contribution in [0.2, 0.25) is 0 Å². The smallest absolute Gasteiger partial charge is 0.240 e. The molecule has 23 heavy (non-hydrogen) atoms. The summed E-state index contributed by atoms with van der Waals surface area (Å²) in [5, 5.41) is 0. The van der Waals surface area contributed by atoms with E-state index in [1.807, 2.05) is 30.6 Å². The lowest BCUT2D eigenvalue weighted by atomic mass is 9.85. The minimum atomic E-state index is -0.437. The summed E-state index contributed by atoms with van der Waals surface area (Å²) in [7, 11) is 0. The van der Waals surface area contributed by atoms with Gasteiger partial charge in [-0.05, 0) is 37.0 Å². The van der Waals surface area contributed by atoms with Crippen molar-refractivity contribution >= 4 is 24.2 Å². The van der Waals surface area contributed by atoms with Gasteiger partial charge in [-0.25, -0.2) is 0 Å². The van der Waals surface area contributed by atoms with Gasteiger partial charge in [-0.15, -0.1) is 12.4 Å². The van der Waals surface area contributed by atoms with E-state index < -0.39 is 6.04 Å². The zero-order valence-corrected chi connectivity index (χ0v) is 15.5. The van der Waals surface area contributed by atoms with Crippen LogP contribution in [0.4, 0.5) is 0 Å². The first-order chi connectivity index (χ1) is 10.3. The Kier molecular flexibility index (Phi) is 7.33. The highest BCUT2D eigenvalue weighted by atomic mass is 35.5. The predicted octanol–water partition coefficient (Wildman–Crippen LogP) is 2.03. The molecule has 0 saturated carbocycles. The number of hydrogen-bond donors (Lipinski definition) is 1. The molecule has 0 radical (unpaired) electrons. The molecule has 2 saturated heterocycles. The topological polar surface area (TPSA) is 66.6 Å². The van der Waals surface area contributed by atoms with E-state index in [0.29, 0.717) is 18.2 Å². The standard InChI is InChI=1S/C17H31N3O2.ClH/c1-17(2,3)15(18)16(22)19-10-7-13(8-11-19)12-20-9-5-4-6-14(20)21;/h13,15H,4-12,18H2,1-3H3;1H/t15-;/m1./s1. The first-order valence-corrected chi connectivity index (χ1v) is 8.61. The number of hydrogen-bond acceptors (Lipinski definition) is 3. The zero-order chi connectivity index (χ0) is 16.3. The van der Waals surface area contributed by atoms with Crippen molar-refractivity contribution in [2.75, 3.05) is 26.2 Å². The summed E-state index contributed by atoms with van der Waals surface area (Å²) in [6.45, 7) is 9.34. The average molecular weight is 346 g/mol. The summed E-state index contributed by atoms with van der Waals surface area (Å²) >= 11 is 0. The summed E-state index contributed by atoms with van der Waals surface area (Å²) in [5.41, 5.74) is 5.88. The van der Waals surface area contributed by atoms with E-state index in [1.165, 1.54) is 0 Å². The minimum Gasteiger partial charge on any atom is -0.342 e. The molecule has 134 valence electrons. The van der Waals surface area contributed by atoms with Crippen molar-refractivity contribution in [3.8, 4) is 0 Å². The highest BCUT2D eigenvalue weighted by Gasteiger charge is 2.33. The Labute approximate surface area is 146 Å². The van der Waals surface area contributed by atoms with Crippen LogP contribution in [0.25, 0.3) is 0 Å². The molecular weight excluding hydrogens is 314 g/mol. The molecule has 0 unspecified atom stereocenters. The molecule has 0 spiro atoms. The Morgan fingerprint density at radius 1 is 1.22 bits per heavy atom. The first kappa shape index (κ1) is 20.2. The van der Waals surface area contributed by atoms with E-state index in [2.05, 4.69) is 0 Å². The number of carbonyl (C=O) groups excluding carboxylic acids is 2. The van der Waals surface area contributed by atoms with Crippen LogP contribution in [0.15, 0.2) is 0 Å². The Balaban J connectivity index is 0.00000264. The third-order valence-corrected chi connectivity index (χ3v) is 5.03. The van der Waals surface area contributed by atoms with E-state index >= 15 is 0 Å². The van der Waals surface area contributed by atoms with Crippen molar-refractivity contribution in [2.24, 2.45) is 17.1 Å². The van der Waals surface area contributed by atoms with Gasteiger partial charge in [0.15, 0.2) is 0 Å². The molecule has 2 fully saturated rings. The second kappa shape index (κ2) is 8.34. The van der Waals surface area contributed by atoms with Crippen molar-refractivity contribution in [1.29, 1.82) is 0 Å². The molecule has 2 N–H and O–H groups in total. The normalized spacial score (nSPS) is 21.8. The Hall–Kier alpha value is -0.810. The number of rotatable bonds is 3. The fraction of sp³-hybridized carbons (Fsp3) is 0.882. The lowest BCUT2D eigenvalue weighted by molar-refractivity contribution is -0.138. The Morgan fingerprint density at radius 2 is 1.83 bits per heavy atom. The fourth-order valence-corrected chi connectivity index (χ4v) is 3.27. The number of amides is 2. The maximum Gasteiger partial charge on any atom is 0.240 e. The average Bonchev–Trinajstić information content (AvgIpc) is 2.48. The van der Waals surface area contributed by atoms with Crippen LogP contribution in [0.3, 0.4) is 0 Å². The number of carbonyl (C=O) groups is 2. The zero-order valence-electron chi connectivity index (χ0n) is 14.7. The van der Waals surface area contributed by atoms with E-state index in [4.69, 9.17) is 5.73 Å². The molecule has 2 heterocycles. The lowest BCUT2D eigenvalue weighted by Crippen LogP contribution is -2.53. The van der Waals surface area contributed by atoms with Crippen LogP contribution in [0.1, 0.15) is 52.9 Å². The molecule has 0 aromatic rings. The maximum absolute atomic E-state index is 12.4. The van der Waals surface area contributed by atoms with Gasteiger partial charge in [0.2, 0.25) is 11.8 Å². The van der Waals surface area contributed by atoms with Gasteiger partial charge in [0.1, 0.15) is 0 Å². The molecular formula is C17H32ClN3O2. The Morgan fingerprint density at radius 3 is 2.35 bits per heavy atom. The van der Waals surface area contributed by atoms with Gasteiger partial charge in [0.25, 0.3) is 0 Å². The second-order valence-electron chi connectivity index (χ2n) is 7.91. The monoisotopic (exact) mass is 345 g/mol. The molecule has 2 aliphatic rings. The fourth-order valence-electron chi connectivity index (χ4n) is 3.27. The quantitative estimate of drug-likeness (QED) is 0.851. The molecule has 6 heteroatoms. The van der Waals surface area contributed by atoms with Gasteiger partial charge < -0.3 is 15.5 Å². The predicted molar refractivity (Wildman–Crippen MR) is 94.4 cm³/mol. The largest absolute Gasteiger partial charge is 0.342 e. The van der Waals surface area contributed by atoms with Gasteiger partial charge in [0.05, 0.1) is 6.04 Å². The van der Waals surface area contributed by atoms with E-state index in [9.17, 15) is 9.59 Å². The number of halogens is 1. The molecule has 2 amide bonds. The van der Waals surface area contributed by atoms with Gasteiger partial charge in [-0.2, -0.15) is 0 Å². The van der Waals surface area contributed by atoms with Crippen LogP contribution >= 0.6 is 12.4 Å². The molecule has 1 atom stereocenters. The molecule has 2 aliphatic heterocycles. The third kappa shape index (κ3) is 5.35. The lowest BCUT2D eigenvalue weighted by Gasteiger charge is -2.38. The summed E-state index contributed by atoms with van der Waals surface area (Å²) in [4.78, 5) is 28.2. The summed E-state index contributed by atoms with van der Waals surface area (Å²) in [5.74, 6) is 0.900. The number of piperidine rings is 2. The molecule has 0 bridgehead atoms. The van der Waals surface area contributed by atoms with Crippen molar-refractivity contribution in [3.05, 3.63) is 0 Å². The van der Waals surface area contributed by atoms with Crippen molar-refractivity contribution in [2.45, 2.75) is 58.9 Å². The summed E-state index contributed by atoms with van der Waals surface area (Å²) in [6, 6.07) is -0.437. The molecule has 0 aromatic carbocycles. The Bertz CT molecular complexity index is 415. The number of nitrogens with zero attached hydrogens (tertiary/aromatic N) is 2. The van der Waals surface area contributed by atoms with Crippen LogP contribution in [-0.4, -0.2) is 53.8 Å². The van der Waals surface area contributed by atoms with Crippen molar-refractivity contribution in [1.82, 2.24) is 9.80 Å². The molecule has 5 nitrogen and oxygen atoms in total. The highest BCUT2D eigenvalue weighted by Crippen LogP contribution is 2.24. The summed E-state index contributed by atoms with van der Waals surface area (Å²) in [6.07, 6.45) is 4.83. The first-order valence-electron chi connectivity index (χ1n) is 8.61. The molecule has 0 aliphatic carbocycles. The van der Waals surface area contributed by atoms with E-state index in [0.717, 1.165) is 51.9 Å². The minimum absolute atomic E-state index is 0. The van der Waals surface area contributed by atoms with Gasteiger partial charge in [-0.3, -0.25) is 9.59 Å². The van der Waals surface area contributed by atoms with Gasteiger partial charge in [0, 0.05) is 32.6 Å².